The fourth-order valence-electron chi connectivity index (χ4n) is 2.41. The van der Waals surface area contributed by atoms with Crippen LogP contribution >= 0.6 is 22.9 Å². The normalized spacial score (nSPS) is 12.4. The zero-order chi connectivity index (χ0) is 20.9. The van der Waals surface area contributed by atoms with Gasteiger partial charge in [0.05, 0.1) is 11.6 Å². The van der Waals surface area contributed by atoms with Crippen LogP contribution in [0.2, 0.25) is 5.02 Å². The van der Waals surface area contributed by atoms with Crippen LogP contribution in [0.25, 0.3) is 10.6 Å². The minimum atomic E-state index is -0.864. The fourth-order valence-corrected chi connectivity index (χ4v) is 3.78. The van der Waals surface area contributed by atoms with Crippen LogP contribution in [-0.2, 0) is 20.7 Å². The number of aryl methyl sites for hydroxylation is 1. The summed E-state index contributed by atoms with van der Waals surface area (Å²) in [6, 6.07) is 4.90. The van der Waals surface area contributed by atoms with Crippen molar-refractivity contribution in [2.24, 2.45) is 0 Å². The number of halogens is 1. The minimum Gasteiger partial charge on any atom is -0.464 e. The number of nitrogens with zero attached hydrogens (tertiary/aromatic N) is 1. The number of amides is 1. The number of benzene rings is 1. The first-order chi connectivity index (χ1) is 13.1. The second kappa shape index (κ2) is 9.39. The minimum absolute atomic E-state index is 0.220. The summed E-state index contributed by atoms with van der Waals surface area (Å²) in [6.07, 6.45) is 1.26. The predicted molar refractivity (Wildman–Crippen MR) is 111 cm³/mol. The van der Waals surface area contributed by atoms with E-state index in [9.17, 15) is 9.59 Å². The summed E-state index contributed by atoms with van der Waals surface area (Å²) < 4.78 is 10.3. The Kier molecular flexibility index (Phi) is 7.43. The van der Waals surface area contributed by atoms with E-state index in [2.05, 4.69) is 10.3 Å². The van der Waals surface area contributed by atoms with E-state index in [-0.39, 0.29) is 13.0 Å². The molecule has 0 fully saturated rings. The number of rotatable bonds is 6. The lowest BCUT2D eigenvalue weighted by atomic mass is 10.1. The van der Waals surface area contributed by atoms with Gasteiger partial charge in [-0.15, -0.1) is 11.3 Å². The van der Waals surface area contributed by atoms with E-state index in [4.69, 9.17) is 21.1 Å². The first-order valence-electron chi connectivity index (χ1n) is 8.96. The Bertz CT molecular complexity index is 845. The molecule has 2 aromatic rings. The Balaban J connectivity index is 2.16. The molecular weight excluding hydrogens is 400 g/mol. The van der Waals surface area contributed by atoms with Gasteiger partial charge in [-0.05, 0) is 46.2 Å². The molecule has 1 amide bonds. The molecule has 1 atom stereocenters. The highest BCUT2D eigenvalue weighted by atomic mass is 35.5. The van der Waals surface area contributed by atoms with E-state index >= 15 is 0 Å². The van der Waals surface area contributed by atoms with Crippen LogP contribution in [0.4, 0.5) is 4.79 Å². The summed E-state index contributed by atoms with van der Waals surface area (Å²) in [4.78, 5) is 29.6. The predicted octanol–water partition coefficient (Wildman–Crippen LogP) is 4.77. The number of nitrogens with one attached hydrogen (secondary N) is 1. The average molecular weight is 425 g/mol. The molecule has 1 unspecified atom stereocenters. The molecule has 1 heterocycles. The van der Waals surface area contributed by atoms with Gasteiger partial charge in [-0.1, -0.05) is 23.7 Å². The Morgan fingerprint density at radius 3 is 2.64 bits per heavy atom. The maximum Gasteiger partial charge on any atom is 0.408 e. The number of carbonyl (C=O) groups is 2. The number of hydrogen-bond acceptors (Lipinski definition) is 6. The van der Waals surface area contributed by atoms with Gasteiger partial charge in [-0.25, -0.2) is 14.6 Å². The summed E-state index contributed by atoms with van der Waals surface area (Å²) >= 11 is 7.73. The van der Waals surface area contributed by atoms with E-state index in [1.54, 1.807) is 33.9 Å². The second-order valence-electron chi connectivity index (χ2n) is 7.27. The number of thiazole rings is 1. The molecule has 0 saturated heterocycles. The largest absolute Gasteiger partial charge is 0.464 e. The van der Waals surface area contributed by atoms with Gasteiger partial charge in [0.25, 0.3) is 0 Å². The van der Waals surface area contributed by atoms with Crippen molar-refractivity contribution in [3.8, 4) is 10.6 Å². The number of aromatic nitrogens is 1. The number of esters is 1. The van der Waals surface area contributed by atoms with Crippen LogP contribution in [0, 0.1) is 6.92 Å². The maximum atomic E-state index is 12.3. The van der Waals surface area contributed by atoms with Crippen molar-refractivity contribution >= 4 is 35.0 Å². The van der Waals surface area contributed by atoms with Crippen molar-refractivity contribution in [1.29, 1.82) is 0 Å². The van der Waals surface area contributed by atoms with E-state index in [1.807, 2.05) is 25.1 Å². The van der Waals surface area contributed by atoms with Gasteiger partial charge >= 0.3 is 12.1 Å². The third-order valence-corrected chi connectivity index (χ3v) is 4.94. The summed E-state index contributed by atoms with van der Waals surface area (Å²) in [7, 11) is 0. The highest BCUT2D eigenvalue weighted by Gasteiger charge is 2.26. The Morgan fingerprint density at radius 2 is 2.04 bits per heavy atom. The number of alkyl carbamates (subject to hydrolysis) is 1. The third-order valence-electron chi connectivity index (χ3n) is 3.58. The van der Waals surface area contributed by atoms with Gasteiger partial charge in [0.1, 0.15) is 16.7 Å². The molecule has 2 rings (SSSR count). The van der Waals surface area contributed by atoms with Crippen LogP contribution in [0.5, 0.6) is 0 Å². The molecule has 1 aromatic heterocycles. The molecule has 0 aliphatic carbocycles. The summed E-state index contributed by atoms with van der Waals surface area (Å²) in [5, 5.41) is 3.96. The second-order valence-corrected chi connectivity index (χ2v) is 8.79. The monoisotopic (exact) mass is 424 g/mol. The highest BCUT2D eigenvalue weighted by molar-refractivity contribution is 7.15. The number of ether oxygens (including phenoxy) is 2. The van der Waals surface area contributed by atoms with E-state index < -0.39 is 23.7 Å². The van der Waals surface area contributed by atoms with Gasteiger partial charge < -0.3 is 14.8 Å². The van der Waals surface area contributed by atoms with Crippen LogP contribution in [0.15, 0.2) is 24.4 Å². The van der Waals surface area contributed by atoms with Crippen molar-refractivity contribution < 1.29 is 19.1 Å². The van der Waals surface area contributed by atoms with Crippen molar-refractivity contribution in [2.45, 2.75) is 52.7 Å². The molecule has 0 spiro atoms. The van der Waals surface area contributed by atoms with Crippen molar-refractivity contribution in [1.82, 2.24) is 10.3 Å². The molecule has 0 radical (unpaired) electrons. The standard InChI is InChI=1S/C20H25ClN2O4S/c1-6-26-18(24)16(23-19(25)27-20(3,4)5)10-13-11-22-17(28-13)14-8-7-12(2)9-15(14)21/h7-9,11,16H,6,10H2,1-5H3,(H,23,25). The first kappa shape index (κ1) is 22.2. The van der Waals surface area contributed by atoms with Crippen LogP contribution in [0.3, 0.4) is 0 Å². The average Bonchev–Trinajstić information content (AvgIpc) is 3.01. The zero-order valence-electron chi connectivity index (χ0n) is 16.7. The van der Waals surface area contributed by atoms with Gasteiger partial charge in [0.15, 0.2) is 0 Å². The van der Waals surface area contributed by atoms with Crippen LogP contribution in [-0.4, -0.2) is 35.3 Å². The Morgan fingerprint density at radius 1 is 1.32 bits per heavy atom. The molecular formula is C20H25ClN2O4S. The number of hydrogen-bond donors (Lipinski definition) is 1. The summed E-state index contributed by atoms with van der Waals surface area (Å²) in [6.45, 7) is 9.17. The summed E-state index contributed by atoms with van der Waals surface area (Å²) in [5.41, 5.74) is 1.23. The molecule has 1 N–H and O–H groups in total. The lowest BCUT2D eigenvalue weighted by Crippen LogP contribution is -2.45. The molecule has 0 aliphatic heterocycles. The molecule has 0 saturated carbocycles. The third kappa shape index (κ3) is 6.49. The van der Waals surface area contributed by atoms with Crippen LogP contribution in [0.1, 0.15) is 38.1 Å². The van der Waals surface area contributed by atoms with Gasteiger partial charge in [0, 0.05) is 23.1 Å². The smallest absolute Gasteiger partial charge is 0.408 e. The zero-order valence-corrected chi connectivity index (χ0v) is 18.2. The topological polar surface area (TPSA) is 77.5 Å². The van der Waals surface area contributed by atoms with Gasteiger partial charge in [-0.2, -0.15) is 0 Å². The molecule has 152 valence electrons. The van der Waals surface area contributed by atoms with E-state index in [1.165, 1.54) is 11.3 Å². The Hall–Kier alpha value is -2.12. The van der Waals surface area contributed by atoms with Gasteiger partial charge in [0.2, 0.25) is 0 Å². The first-order valence-corrected chi connectivity index (χ1v) is 10.2. The molecule has 0 bridgehead atoms. The Labute approximate surface area is 174 Å². The molecule has 6 nitrogen and oxygen atoms in total. The molecule has 8 heteroatoms. The molecule has 1 aromatic carbocycles. The van der Waals surface area contributed by atoms with Crippen molar-refractivity contribution in [3.63, 3.8) is 0 Å². The van der Waals surface area contributed by atoms with Gasteiger partial charge in [-0.3, -0.25) is 0 Å². The highest BCUT2D eigenvalue weighted by Crippen LogP contribution is 2.32. The summed E-state index contributed by atoms with van der Waals surface area (Å²) in [5.74, 6) is -0.517. The quantitative estimate of drug-likeness (QED) is 0.675. The maximum absolute atomic E-state index is 12.3. The lowest BCUT2D eigenvalue weighted by molar-refractivity contribution is -0.145. The number of carbonyl (C=O) groups excluding carboxylic acids is 2. The van der Waals surface area contributed by atoms with Crippen LogP contribution < -0.4 is 5.32 Å². The fraction of sp³-hybridized carbons (Fsp3) is 0.450. The van der Waals surface area contributed by atoms with Crippen molar-refractivity contribution in [2.75, 3.05) is 6.61 Å². The SMILES string of the molecule is CCOC(=O)C(Cc1cnc(-c2ccc(C)cc2Cl)s1)NC(=O)OC(C)(C)C. The van der Waals surface area contributed by atoms with Crippen molar-refractivity contribution in [3.05, 3.63) is 39.9 Å². The lowest BCUT2D eigenvalue weighted by Gasteiger charge is -2.22. The van der Waals surface area contributed by atoms with E-state index in [0.29, 0.717) is 5.02 Å². The molecule has 0 aliphatic rings. The van der Waals surface area contributed by atoms with E-state index in [0.717, 1.165) is 21.0 Å². The molecule has 28 heavy (non-hydrogen) atoms.